The van der Waals surface area contributed by atoms with Crippen LogP contribution in [0.2, 0.25) is 0 Å². The van der Waals surface area contributed by atoms with Gasteiger partial charge in [-0.1, -0.05) is 41.8 Å². The summed E-state index contributed by atoms with van der Waals surface area (Å²) in [7, 11) is 0. The average Bonchev–Trinajstić information content (AvgIpc) is 2.43. The van der Waals surface area contributed by atoms with Crippen molar-refractivity contribution in [3.8, 4) is 5.75 Å². The van der Waals surface area contributed by atoms with Crippen LogP contribution in [0.3, 0.4) is 0 Å². The van der Waals surface area contributed by atoms with Gasteiger partial charge in [0.25, 0.3) is 5.91 Å². The van der Waals surface area contributed by atoms with Crippen LogP contribution < -0.4 is 10.1 Å². The summed E-state index contributed by atoms with van der Waals surface area (Å²) in [6, 6.07) is 5.39. The third kappa shape index (κ3) is 6.06. The fraction of sp³-hybridized carbons (Fsp3) is 0.562. The van der Waals surface area contributed by atoms with Gasteiger partial charge in [-0.3, -0.25) is 4.79 Å². The number of amides is 1. The molecule has 4 nitrogen and oxygen atoms in total. The molecule has 0 saturated carbocycles. The van der Waals surface area contributed by atoms with E-state index >= 15 is 0 Å². The van der Waals surface area contributed by atoms with Crippen molar-refractivity contribution in [2.45, 2.75) is 52.2 Å². The average molecular weight is 358 g/mol. The van der Waals surface area contributed by atoms with E-state index < -0.39 is 12.2 Å². The smallest absolute Gasteiger partial charge is 0.260 e. The zero-order valence-electron chi connectivity index (χ0n) is 12.9. The number of aliphatic hydroxyl groups is 1. The van der Waals surface area contributed by atoms with Gasteiger partial charge >= 0.3 is 0 Å². The number of hydrogen-bond donors (Lipinski definition) is 2. The van der Waals surface area contributed by atoms with Crippen molar-refractivity contribution in [1.29, 1.82) is 0 Å². The molecule has 1 amide bonds. The Balaban J connectivity index is 2.63. The van der Waals surface area contributed by atoms with E-state index in [0.717, 1.165) is 23.7 Å². The van der Waals surface area contributed by atoms with Crippen LogP contribution in [0.15, 0.2) is 22.7 Å². The van der Waals surface area contributed by atoms with Crippen LogP contribution in [-0.4, -0.2) is 23.7 Å². The Labute approximate surface area is 135 Å². The summed E-state index contributed by atoms with van der Waals surface area (Å²) in [5.74, 6) is 0.387. The zero-order chi connectivity index (χ0) is 15.8. The highest BCUT2D eigenvalue weighted by Crippen LogP contribution is 2.29. The minimum Gasteiger partial charge on any atom is -0.480 e. The van der Waals surface area contributed by atoms with E-state index in [1.165, 1.54) is 0 Å². The largest absolute Gasteiger partial charge is 0.480 e. The van der Waals surface area contributed by atoms with Gasteiger partial charge in [0.15, 0.2) is 6.10 Å². The molecule has 1 unspecified atom stereocenters. The molecule has 21 heavy (non-hydrogen) atoms. The van der Waals surface area contributed by atoms with E-state index in [2.05, 4.69) is 28.2 Å². The van der Waals surface area contributed by atoms with Gasteiger partial charge in [-0.2, -0.15) is 0 Å². The predicted molar refractivity (Wildman–Crippen MR) is 87.4 cm³/mol. The highest BCUT2D eigenvalue weighted by atomic mass is 79.9. The van der Waals surface area contributed by atoms with E-state index in [-0.39, 0.29) is 5.91 Å². The van der Waals surface area contributed by atoms with Crippen molar-refractivity contribution in [3.05, 3.63) is 28.2 Å². The van der Waals surface area contributed by atoms with Crippen molar-refractivity contribution in [1.82, 2.24) is 5.32 Å². The van der Waals surface area contributed by atoms with E-state index in [4.69, 9.17) is 4.74 Å². The molecule has 1 aromatic carbocycles. The van der Waals surface area contributed by atoms with Gasteiger partial charge in [0, 0.05) is 16.6 Å². The van der Waals surface area contributed by atoms with Crippen molar-refractivity contribution in [2.75, 3.05) is 6.54 Å². The molecule has 0 heterocycles. The number of carbonyl (C=O) groups is 1. The molecule has 1 aromatic rings. The van der Waals surface area contributed by atoms with Gasteiger partial charge < -0.3 is 15.2 Å². The number of unbranched alkanes of at least 4 members (excludes halogenated alkanes) is 2. The molecule has 0 aromatic heterocycles. The molecule has 2 atom stereocenters. The van der Waals surface area contributed by atoms with Gasteiger partial charge in [-0.25, -0.2) is 0 Å². The van der Waals surface area contributed by atoms with Crippen molar-refractivity contribution < 1.29 is 14.6 Å². The molecule has 0 aliphatic carbocycles. The standard InChI is InChI=1S/C16H24BrNO3/c1-4-5-6-9-18-16(20)12(3)21-15-10-13(17)7-8-14(15)11(2)19/h7-8,10-12,19H,4-6,9H2,1-3H3,(H,18,20)/t11-,12?/m1/s1. The second-order valence-electron chi connectivity index (χ2n) is 5.12. The lowest BCUT2D eigenvalue weighted by molar-refractivity contribution is -0.127. The Hall–Kier alpha value is -1.07. The Morgan fingerprint density at radius 2 is 2.10 bits per heavy atom. The Morgan fingerprint density at radius 3 is 2.71 bits per heavy atom. The number of benzene rings is 1. The maximum Gasteiger partial charge on any atom is 0.260 e. The Bertz CT molecular complexity index is 463. The fourth-order valence-electron chi connectivity index (χ4n) is 1.93. The number of aliphatic hydroxyl groups excluding tert-OH is 1. The summed E-state index contributed by atoms with van der Waals surface area (Å²) in [5, 5.41) is 12.6. The molecule has 0 radical (unpaired) electrons. The van der Waals surface area contributed by atoms with Crippen LogP contribution in [0.25, 0.3) is 0 Å². The molecule has 118 valence electrons. The molecular formula is C16H24BrNO3. The molecule has 1 rings (SSSR count). The first-order valence-corrected chi connectivity index (χ1v) is 8.16. The third-order valence-electron chi connectivity index (χ3n) is 3.18. The topological polar surface area (TPSA) is 58.6 Å². The van der Waals surface area contributed by atoms with Gasteiger partial charge in [-0.15, -0.1) is 0 Å². The van der Waals surface area contributed by atoms with Crippen molar-refractivity contribution in [2.24, 2.45) is 0 Å². The maximum absolute atomic E-state index is 12.0. The molecule has 5 heteroatoms. The SMILES string of the molecule is CCCCCNC(=O)C(C)Oc1cc(Br)ccc1[C@@H](C)O. The van der Waals surface area contributed by atoms with Crippen LogP contribution in [0.5, 0.6) is 5.75 Å². The molecule has 2 N–H and O–H groups in total. The van der Waals surface area contributed by atoms with Crippen LogP contribution in [0.1, 0.15) is 51.7 Å². The van der Waals surface area contributed by atoms with E-state index in [0.29, 0.717) is 17.9 Å². The van der Waals surface area contributed by atoms with Gasteiger partial charge in [0.1, 0.15) is 5.75 Å². The number of nitrogens with one attached hydrogen (secondary N) is 1. The van der Waals surface area contributed by atoms with Crippen LogP contribution in [0, 0.1) is 0 Å². The summed E-state index contributed by atoms with van der Waals surface area (Å²) in [6.45, 7) is 6.17. The van der Waals surface area contributed by atoms with Crippen molar-refractivity contribution in [3.63, 3.8) is 0 Å². The number of rotatable bonds is 8. The lowest BCUT2D eigenvalue weighted by Crippen LogP contribution is -2.37. The van der Waals surface area contributed by atoms with E-state index in [1.807, 2.05) is 6.07 Å². The Kier molecular flexibility index (Phi) is 7.75. The van der Waals surface area contributed by atoms with E-state index in [9.17, 15) is 9.90 Å². The normalized spacial score (nSPS) is 13.6. The molecule has 0 fully saturated rings. The van der Waals surface area contributed by atoms with E-state index in [1.54, 1.807) is 26.0 Å². The molecule has 0 aliphatic rings. The first kappa shape index (κ1) is 18.0. The number of hydrogen-bond acceptors (Lipinski definition) is 3. The van der Waals surface area contributed by atoms with Crippen LogP contribution >= 0.6 is 15.9 Å². The minimum absolute atomic E-state index is 0.136. The summed E-state index contributed by atoms with van der Waals surface area (Å²) < 4.78 is 6.55. The van der Waals surface area contributed by atoms with Gasteiger partial charge in [0.2, 0.25) is 0 Å². The first-order valence-electron chi connectivity index (χ1n) is 7.37. The third-order valence-corrected chi connectivity index (χ3v) is 3.67. The number of halogens is 1. The monoisotopic (exact) mass is 357 g/mol. The summed E-state index contributed by atoms with van der Waals surface area (Å²) in [5.41, 5.74) is 0.670. The van der Waals surface area contributed by atoms with Crippen LogP contribution in [-0.2, 0) is 4.79 Å². The second kappa shape index (κ2) is 9.05. The summed E-state index contributed by atoms with van der Waals surface area (Å²) >= 11 is 3.37. The molecular weight excluding hydrogens is 334 g/mol. The summed E-state index contributed by atoms with van der Waals surface area (Å²) in [4.78, 5) is 12.0. The number of ether oxygens (including phenoxy) is 1. The highest BCUT2D eigenvalue weighted by molar-refractivity contribution is 9.10. The Morgan fingerprint density at radius 1 is 1.38 bits per heavy atom. The van der Waals surface area contributed by atoms with Gasteiger partial charge in [-0.05, 0) is 32.4 Å². The molecule has 0 spiro atoms. The number of carbonyl (C=O) groups excluding carboxylic acids is 1. The summed E-state index contributed by atoms with van der Waals surface area (Å²) in [6.07, 6.45) is 1.96. The molecule has 0 aliphatic heterocycles. The maximum atomic E-state index is 12.0. The first-order chi connectivity index (χ1) is 9.95. The molecule has 0 saturated heterocycles. The molecule has 0 bridgehead atoms. The quantitative estimate of drug-likeness (QED) is 0.699. The fourth-order valence-corrected chi connectivity index (χ4v) is 2.27. The van der Waals surface area contributed by atoms with Crippen molar-refractivity contribution >= 4 is 21.8 Å². The van der Waals surface area contributed by atoms with Crippen LogP contribution in [0.4, 0.5) is 0 Å². The zero-order valence-corrected chi connectivity index (χ0v) is 14.4. The predicted octanol–water partition coefficient (Wildman–Crippen LogP) is 3.58. The van der Waals surface area contributed by atoms with Gasteiger partial charge in [0.05, 0.1) is 6.10 Å². The minimum atomic E-state index is -0.645. The lowest BCUT2D eigenvalue weighted by Gasteiger charge is -2.18. The lowest BCUT2D eigenvalue weighted by atomic mass is 10.1. The highest BCUT2D eigenvalue weighted by Gasteiger charge is 2.17. The second-order valence-corrected chi connectivity index (χ2v) is 6.03.